The summed E-state index contributed by atoms with van der Waals surface area (Å²) in [6.45, 7) is 0. The average molecular weight is 286 g/mol. The highest BCUT2D eigenvalue weighted by Crippen LogP contribution is 2.42. The van der Waals surface area contributed by atoms with Gasteiger partial charge < -0.3 is 10.0 Å². The van der Waals surface area contributed by atoms with E-state index >= 15 is 0 Å². The van der Waals surface area contributed by atoms with Crippen molar-refractivity contribution in [3.05, 3.63) is 16.9 Å². The van der Waals surface area contributed by atoms with E-state index in [1.807, 2.05) is 7.05 Å². The molecule has 1 N–H and O–H groups in total. The zero-order chi connectivity index (χ0) is 14.0. The number of aliphatic hydroxyl groups excluding tert-OH is 1. The summed E-state index contributed by atoms with van der Waals surface area (Å²) in [7, 11) is 5.95. The summed E-state index contributed by atoms with van der Waals surface area (Å²) >= 11 is 6.20. The maximum absolute atomic E-state index is 11.0. The molecule has 0 amide bonds. The van der Waals surface area contributed by atoms with E-state index in [4.69, 9.17) is 11.6 Å². The summed E-state index contributed by atoms with van der Waals surface area (Å²) in [4.78, 5) is 2.17. The van der Waals surface area contributed by atoms with Gasteiger partial charge in [0.1, 0.15) is 6.10 Å². The molecule has 0 spiro atoms. The van der Waals surface area contributed by atoms with Crippen LogP contribution in [-0.4, -0.2) is 39.4 Å². The Balaban J connectivity index is 2.38. The maximum Gasteiger partial charge on any atom is 0.115 e. The van der Waals surface area contributed by atoms with E-state index in [1.165, 1.54) is 12.8 Å². The van der Waals surface area contributed by atoms with Gasteiger partial charge in [-0.05, 0) is 26.9 Å². The van der Waals surface area contributed by atoms with E-state index in [9.17, 15) is 5.11 Å². The van der Waals surface area contributed by atoms with Gasteiger partial charge in [0.25, 0.3) is 0 Å². The van der Waals surface area contributed by atoms with Crippen molar-refractivity contribution in [1.82, 2.24) is 14.7 Å². The van der Waals surface area contributed by atoms with Gasteiger partial charge in [0.2, 0.25) is 0 Å². The first-order valence-corrected chi connectivity index (χ1v) is 7.40. The lowest BCUT2D eigenvalue weighted by atomic mass is 9.81. The van der Waals surface area contributed by atoms with Crippen LogP contribution in [0.15, 0.2) is 6.20 Å². The highest BCUT2D eigenvalue weighted by Gasteiger charge is 2.42. The Morgan fingerprint density at radius 3 is 2.32 bits per heavy atom. The molecule has 1 saturated carbocycles. The van der Waals surface area contributed by atoms with Crippen molar-refractivity contribution >= 4 is 11.6 Å². The van der Waals surface area contributed by atoms with E-state index in [0.29, 0.717) is 5.02 Å². The highest BCUT2D eigenvalue weighted by atomic mass is 35.5. The second-order valence-corrected chi connectivity index (χ2v) is 6.22. The molecule has 0 bridgehead atoms. The number of halogens is 1. The third-order valence-corrected chi connectivity index (χ3v) is 4.86. The first-order chi connectivity index (χ1) is 8.99. The molecular formula is C14H24ClN3O. The normalized spacial score (nSPS) is 21.4. The largest absolute Gasteiger partial charge is 0.385 e. The summed E-state index contributed by atoms with van der Waals surface area (Å²) in [5, 5.41) is 15.7. The van der Waals surface area contributed by atoms with Crippen molar-refractivity contribution < 1.29 is 5.11 Å². The first kappa shape index (κ1) is 14.8. The van der Waals surface area contributed by atoms with Crippen LogP contribution in [0.5, 0.6) is 0 Å². The van der Waals surface area contributed by atoms with Crippen LogP contribution >= 0.6 is 11.6 Å². The number of aryl methyl sites for hydroxylation is 1. The summed E-state index contributed by atoms with van der Waals surface area (Å²) in [6, 6.07) is 0. The number of hydrogen-bond donors (Lipinski definition) is 1. The Bertz CT molecular complexity index is 403. The van der Waals surface area contributed by atoms with Gasteiger partial charge in [-0.25, -0.2) is 0 Å². The van der Waals surface area contributed by atoms with E-state index < -0.39 is 6.10 Å². The Morgan fingerprint density at radius 2 is 1.89 bits per heavy atom. The van der Waals surface area contributed by atoms with Gasteiger partial charge in [-0.15, -0.1) is 0 Å². The minimum absolute atomic E-state index is 0.228. The molecule has 1 aliphatic rings. The predicted molar refractivity (Wildman–Crippen MR) is 77.3 cm³/mol. The number of hydrogen-bond acceptors (Lipinski definition) is 3. The van der Waals surface area contributed by atoms with Crippen molar-refractivity contribution in [3.63, 3.8) is 0 Å². The summed E-state index contributed by atoms with van der Waals surface area (Å²) in [5.74, 6) is 0. The summed E-state index contributed by atoms with van der Waals surface area (Å²) in [6.07, 6.45) is 7.84. The number of likely N-dealkylation sites (N-methyl/N-ethyl adjacent to an activating group) is 1. The van der Waals surface area contributed by atoms with E-state index in [1.54, 1.807) is 10.9 Å². The van der Waals surface area contributed by atoms with Crippen molar-refractivity contribution in [1.29, 1.82) is 0 Å². The molecule has 0 aromatic carbocycles. The standard InChI is InChI=1S/C14H24ClN3O/c1-17(2)14(8-6-4-5-7-9-14)13(19)12-11(15)10-16-18(12)3/h10,13,19H,4-9H2,1-3H3. The molecule has 1 aromatic heterocycles. The van der Waals surface area contributed by atoms with Crippen LogP contribution in [0, 0.1) is 0 Å². The van der Waals surface area contributed by atoms with Crippen molar-refractivity contribution in [2.45, 2.75) is 50.2 Å². The number of aromatic nitrogens is 2. The SMILES string of the molecule is CN(C)C1(C(O)c2c(Cl)cnn2C)CCCCCC1. The average Bonchev–Trinajstić information content (AvgIpc) is 2.58. The van der Waals surface area contributed by atoms with Crippen LogP contribution in [0.2, 0.25) is 5.02 Å². The molecule has 1 unspecified atom stereocenters. The summed E-state index contributed by atoms with van der Waals surface area (Å²) < 4.78 is 1.70. The van der Waals surface area contributed by atoms with Gasteiger partial charge in [-0.3, -0.25) is 4.68 Å². The lowest BCUT2D eigenvalue weighted by Crippen LogP contribution is -2.49. The monoisotopic (exact) mass is 285 g/mol. The maximum atomic E-state index is 11.0. The fourth-order valence-electron chi connectivity index (χ4n) is 3.29. The van der Waals surface area contributed by atoms with Crippen LogP contribution in [0.1, 0.15) is 50.3 Å². The second-order valence-electron chi connectivity index (χ2n) is 5.82. The van der Waals surface area contributed by atoms with Gasteiger partial charge in [0, 0.05) is 7.05 Å². The Hall–Kier alpha value is -0.580. The molecule has 1 aliphatic carbocycles. The molecule has 1 atom stereocenters. The smallest absolute Gasteiger partial charge is 0.115 e. The Labute approximate surface area is 120 Å². The number of nitrogens with zero attached hydrogens (tertiary/aromatic N) is 3. The van der Waals surface area contributed by atoms with Crippen LogP contribution < -0.4 is 0 Å². The molecule has 0 radical (unpaired) electrons. The minimum atomic E-state index is -0.597. The van der Waals surface area contributed by atoms with Gasteiger partial charge in [-0.2, -0.15) is 5.10 Å². The van der Waals surface area contributed by atoms with Gasteiger partial charge in [0.05, 0.1) is 22.5 Å². The Kier molecular flexibility index (Phi) is 4.54. The second kappa shape index (κ2) is 5.81. The fourth-order valence-corrected chi connectivity index (χ4v) is 3.56. The van der Waals surface area contributed by atoms with Crippen molar-refractivity contribution in [2.24, 2.45) is 7.05 Å². The third-order valence-electron chi connectivity index (χ3n) is 4.57. The lowest BCUT2D eigenvalue weighted by Gasteiger charge is -2.43. The van der Waals surface area contributed by atoms with Crippen molar-refractivity contribution in [3.8, 4) is 0 Å². The first-order valence-electron chi connectivity index (χ1n) is 7.02. The number of aliphatic hydroxyl groups is 1. The molecule has 108 valence electrons. The van der Waals surface area contributed by atoms with Gasteiger partial charge >= 0.3 is 0 Å². The zero-order valence-corrected chi connectivity index (χ0v) is 12.8. The van der Waals surface area contributed by atoms with E-state index in [2.05, 4.69) is 24.1 Å². The quantitative estimate of drug-likeness (QED) is 0.868. The highest BCUT2D eigenvalue weighted by molar-refractivity contribution is 6.31. The van der Waals surface area contributed by atoms with E-state index in [-0.39, 0.29) is 5.54 Å². The topological polar surface area (TPSA) is 41.3 Å². The molecule has 1 heterocycles. The van der Waals surface area contributed by atoms with Gasteiger partial charge in [0.15, 0.2) is 0 Å². The molecular weight excluding hydrogens is 262 g/mol. The molecule has 1 aromatic rings. The molecule has 2 rings (SSSR count). The fraction of sp³-hybridized carbons (Fsp3) is 0.786. The van der Waals surface area contributed by atoms with Crippen molar-refractivity contribution in [2.75, 3.05) is 14.1 Å². The third kappa shape index (κ3) is 2.67. The lowest BCUT2D eigenvalue weighted by molar-refractivity contribution is -0.0241. The number of rotatable bonds is 3. The zero-order valence-electron chi connectivity index (χ0n) is 12.1. The molecule has 5 heteroatoms. The van der Waals surface area contributed by atoms with Gasteiger partial charge in [-0.1, -0.05) is 37.3 Å². The van der Waals surface area contributed by atoms with Crippen LogP contribution in [0.3, 0.4) is 0 Å². The Morgan fingerprint density at radius 1 is 1.32 bits per heavy atom. The van der Waals surface area contributed by atoms with Crippen LogP contribution in [0.25, 0.3) is 0 Å². The van der Waals surface area contributed by atoms with Crippen LogP contribution in [0.4, 0.5) is 0 Å². The molecule has 0 saturated heterocycles. The van der Waals surface area contributed by atoms with Crippen LogP contribution in [-0.2, 0) is 7.05 Å². The molecule has 0 aliphatic heterocycles. The molecule has 4 nitrogen and oxygen atoms in total. The predicted octanol–water partition coefficient (Wildman–Crippen LogP) is 2.76. The summed E-state index contributed by atoms with van der Waals surface area (Å²) in [5.41, 5.74) is 0.505. The van der Waals surface area contributed by atoms with E-state index in [0.717, 1.165) is 31.4 Å². The minimum Gasteiger partial charge on any atom is -0.385 e. The molecule has 1 fully saturated rings. The molecule has 19 heavy (non-hydrogen) atoms.